The number of hydrogen-bond acceptors (Lipinski definition) is 4. The number of rotatable bonds is 5. The third-order valence-electron chi connectivity index (χ3n) is 3.51. The third-order valence-corrected chi connectivity index (χ3v) is 3.51. The van der Waals surface area contributed by atoms with E-state index >= 15 is 0 Å². The van der Waals surface area contributed by atoms with Crippen LogP contribution in [0, 0.1) is 19.8 Å². The predicted octanol–water partition coefficient (Wildman–Crippen LogP) is 2.42. The molecule has 0 saturated carbocycles. The Morgan fingerprint density at radius 2 is 2.05 bits per heavy atom. The minimum absolute atomic E-state index is 0.0930. The van der Waals surface area contributed by atoms with Crippen molar-refractivity contribution in [2.24, 2.45) is 5.92 Å². The summed E-state index contributed by atoms with van der Waals surface area (Å²) >= 11 is 0. The topological polar surface area (TPSA) is 60.7 Å². The molecular weight excluding hydrogens is 258 g/mol. The first-order valence-corrected chi connectivity index (χ1v) is 7.03. The van der Waals surface area contributed by atoms with Crippen molar-refractivity contribution in [3.05, 3.63) is 23.2 Å². The fraction of sp³-hybridized carbons (Fsp3) is 0.667. The Kier molecular flexibility index (Phi) is 4.50. The largest absolute Gasteiger partial charge is 0.466 e. The Hall–Kier alpha value is -1.33. The van der Waals surface area contributed by atoms with Crippen LogP contribution in [0.1, 0.15) is 42.1 Å². The van der Waals surface area contributed by atoms with Gasteiger partial charge in [-0.1, -0.05) is 6.92 Å². The number of ether oxygens (including phenoxy) is 2. The molecule has 2 rings (SSSR count). The Balaban J connectivity index is 1.82. The van der Waals surface area contributed by atoms with E-state index in [1.54, 1.807) is 13.0 Å². The smallest absolute Gasteiger partial charge is 0.254 e. The molecule has 1 saturated heterocycles. The lowest BCUT2D eigenvalue weighted by molar-refractivity contribution is -0.153. The highest BCUT2D eigenvalue weighted by atomic mass is 16.7. The van der Waals surface area contributed by atoms with Crippen molar-refractivity contribution in [2.45, 2.75) is 39.9 Å². The van der Waals surface area contributed by atoms with Gasteiger partial charge in [0.2, 0.25) is 0 Å². The summed E-state index contributed by atoms with van der Waals surface area (Å²) in [7, 11) is 0. The van der Waals surface area contributed by atoms with E-state index in [1.165, 1.54) is 0 Å². The SMILES string of the molecule is Cc1cc(C(=O)NCC(C)CC2(C)OCCO2)c(C)o1. The molecule has 1 aliphatic rings. The maximum Gasteiger partial charge on any atom is 0.254 e. The number of hydrogen-bond donors (Lipinski definition) is 1. The van der Waals surface area contributed by atoms with E-state index in [2.05, 4.69) is 12.2 Å². The van der Waals surface area contributed by atoms with Crippen molar-refractivity contribution in [1.82, 2.24) is 5.32 Å². The second-order valence-electron chi connectivity index (χ2n) is 5.68. The lowest BCUT2D eigenvalue weighted by Gasteiger charge is -2.25. The van der Waals surface area contributed by atoms with Gasteiger partial charge in [-0.25, -0.2) is 0 Å². The number of aryl methyl sites for hydroxylation is 2. The van der Waals surface area contributed by atoms with Crippen LogP contribution in [0.15, 0.2) is 10.5 Å². The molecule has 1 aromatic rings. The first kappa shape index (κ1) is 15.1. The van der Waals surface area contributed by atoms with Gasteiger partial charge in [-0.3, -0.25) is 4.79 Å². The van der Waals surface area contributed by atoms with Crippen LogP contribution in [0.25, 0.3) is 0 Å². The summed E-state index contributed by atoms with van der Waals surface area (Å²) in [5, 5.41) is 2.93. The van der Waals surface area contributed by atoms with Gasteiger partial charge in [0.05, 0.1) is 18.8 Å². The average molecular weight is 281 g/mol. The quantitative estimate of drug-likeness (QED) is 0.900. The maximum atomic E-state index is 12.1. The van der Waals surface area contributed by atoms with Crippen molar-refractivity contribution in [2.75, 3.05) is 19.8 Å². The second kappa shape index (κ2) is 5.97. The zero-order chi connectivity index (χ0) is 14.8. The van der Waals surface area contributed by atoms with Gasteiger partial charge in [-0.15, -0.1) is 0 Å². The van der Waals surface area contributed by atoms with Crippen molar-refractivity contribution >= 4 is 5.91 Å². The molecule has 20 heavy (non-hydrogen) atoms. The minimum Gasteiger partial charge on any atom is -0.466 e. The van der Waals surface area contributed by atoms with Crippen molar-refractivity contribution in [3.8, 4) is 0 Å². The number of carbonyl (C=O) groups excluding carboxylic acids is 1. The van der Waals surface area contributed by atoms with Crippen LogP contribution in [0.3, 0.4) is 0 Å². The standard InChI is InChI=1S/C15H23NO4/c1-10(8-15(4)18-5-6-19-15)9-16-14(17)13-7-11(2)20-12(13)3/h7,10H,5-6,8-9H2,1-4H3,(H,16,17). The van der Waals surface area contributed by atoms with Gasteiger partial charge in [0, 0.05) is 13.0 Å². The molecule has 1 fully saturated rings. The van der Waals surface area contributed by atoms with Gasteiger partial charge in [-0.05, 0) is 32.8 Å². The first-order valence-electron chi connectivity index (χ1n) is 7.03. The zero-order valence-electron chi connectivity index (χ0n) is 12.6. The summed E-state index contributed by atoms with van der Waals surface area (Å²) in [5.41, 5.74) is 0.606. The van der Waals surface area contributed by atoms with Crippen molar-refractivity contribution in [3.63, 3.8) is 0 Å². The average Bonchev–Trinajstić information content (AvgIpc) is 2.92. The third kappa shape index (κ3) is 3.61. The van der Waals surface area contributed by atoms with E-state index in [-0.39, 0.29) is 11.8 Å². The van der Waals surface area contributed by atoms with Gasteiger partial charge in [0.15, 0.2) is 5.79 Å². The monoisotopic (exact) mass is 281 g/mol. The van der Waals surface area contributed by atoms with E-state index in [0.29, 0.717) is 31.1 Å². The predicted molar refractivity (Wildman–Crippen MR) is 74.6 cm³/mol. The van der Waals surface area contributed by atoms with Gasteiger partial charge < -0.3 is 19.2 Å². The molecule has 1 aromatic heterocycles. The molecule has 1 aliphatic heterocycles. The van der Waals surface area contributed by atoms with Crippen LogP contribution in [0.5, 0.6) is 0 Å². The molecule has 112 valence electrons. The van der Waals surface area contributed by atoms with Gasteiger partial charge >= 0.3 is 0 Å². The summed E-state index contributed by atoms with van der Waals surface area (Å²) in [6.45, 7) is 9.53. The van der Waals surface area contributed by atoms with E-state index in [4.69, 9.17) is 13.9 Å². The highest BCUT2D eigenvalue weighted by molar-refractivity contribution is 5.95. The number of carbonyl (C=O) groups is 1. The summed E-state index contributed by atoms with van der Waals surface area (Å²) in [6, 6.07) is 1.76. The number of furan rings is 1. The lowest BCUT2D eigenvalue weighted by Crippen LogP contribution is -2.34. The molecule has 1 amide bonds. The second-order valence-corrected chi connectivity index (χ2v) is 5.68. The van der Waals surface area contributed by atoms with Crippen LogP contribution in [-0.2, 0) is 9.47 Å². The molecule has 5 heteroatoms. The summed E-state index contributed by atoms with van der Waals surface area (Å²) in [5.74, 6) is 1.08. The Morgan fingerprint density at radius 3 is 2.60 bits per heavy atom. The normalized spacial score (nSPS) is 19.0. The van der Waals surface area contributed by atoms with Crippen LogP contribution in [0.2, 0.25) is 0 Å². The maximum absolute atomic E-state index is 12.1. The molecule has 0 bridgehead atoms. The van der Waals surface area contributed by atoms with Crippen molar-refractivity contribution < 1.29 is 18.7 Å². The highest BCUT2D eigenvalue weighted by Gasteiger charge is 2.32. The molecule has 0 aliphatic carbocycles. The van der Waals surface area contributed by atoms with E-state index in [0.717, 1.165) is 12.2 Å². The van der Waals surface area contributed by atoms with E-state index < -0.39 is 5.79 Å². The van der Waals surface area contributed by atoms with Crippen molar-refractivity contribution in [1.29, 1.82) is 0 Å². The lowest BCUT2D eigenvalue weighted by atomic mass is 10.0. The van der Waals surface area contributed by atoms with Crippen LogP contribution in [-0.4, -0.2) is 31.5 Å². The Labute approximate surface area is 119 Å². The van der Waals surface area contributed by atoms with Crippen LogP contribution < -0.4 is 5.32 Å². The van der Waals surface area contributed by atoms with E-state index in [9.17, 15) is 4.79 Å². The highest BCUT2D eigenvalue weighted by Crippen LogP contribution is 2.26. The summed E-state index contributed by atoms with van der Waals surface area (Å²) in [6.07, 6.45) is 0.761. The summed E-state index contributed by atoms with van der Waals surface area (Å²) < 4.78 is 16.5. The molecule has 5 nitrogen and oxygen atoms in total. The van der Waals surface area contributed by atoms with Gasteiger partial charge in [0.25, 0.3) is 5.91 Å². The number of amides is 1. The van der Waals surface area contributed by atoms with Gasteiger partial charge in [0.1, 0.15) is 11.5 Å². The number of nitrogens with one attached hydrogen (secondary N) is 1. The van der Waals surface area contributed by atoms with E-state index in [1.807, 2.05) is 13.8 Å². The molecule has 1 N–H and O–H groups in total. The molecule has 1 atom stereocenters. The zero-order valence-corrected chi connectivity index (χ0v) is 12.6. The molecule has 1 unspecified atom stereocenters. The Morgan fingerprint density at radius 1 is 1.40 bits per heavy atom. The molecule has 0 aromatic carbocycles. The van der Waals surface area contributed by atoms with Crippen LogP contribution >= 0.6 is 0 Å². The molecule has 2 heterocycles. The van der Waals surface area contributed by atoms with Gasteiger partial charge in [-0.2, -0.15) is 0 Å². The minimum atomic E-state index is -0.508. The fourth-order valence-corrected chi connectivity index (χ4v) is 2.60. The Bertz CT molecular complexity index is 474. The van der Waals surface area contributed by atoms with Crippen LogP contribution in [0.4, 0.5) is 0 Å². The first-order chi connectivity index (χ1) is 9.39. The summed E-state index contributed by atoms with van der Waals surface area (Å²) in [4.78, 5) is 12.1. The fourth-order valence-electron chi connectivity index (χ4n) is 2.60. The molecular formula is C15H23NO4. The molecule has 0 radical (unpaired) electrons. The molecule has 0 spiro atoms.